The lowest BCUT2D eigenvalue weighted by atomic mass is 10.0. The highest BCUT2D eigenvalue weighted by molar-refractivity contribution is 7.16. The number of thiophene rings is 1. The Morgan fingerprint density at radius 2 is 1.93 bits per heavy atom. The third-order valence-electron chi connectivity index (χ3n) is 2.14. The molecule has 1 aromatic rings. The first-order valence-corrected chi connectivity index (χ1v) is 5.68. The highest BCUT2D eigenvalue weighted by Crippen LogP contribution is 2.31. The van der Waals surface area contributed by atoms with E-state index in [1.54, 1.807) is 0 Å². The Kier molecular flexibility index (Phi) is 3.32. The van der Waals surface area contributed by atoms with Crippen molar-refractivity contribution in [1.29, 1.82) is 0 Å². The zero-order chi connectivity index (χ0) is 10.9. The molecule has 0 bridgehead atoms. The highest BCUT2D eigenvalue weighted by atomic mass is 32.1. The first kappa shape index (κ1) is 11.2. The standard InChI is InChI=1S/C11H17NOS/c1-6(2)9-5-8(11(12)14-9)10(13)7(3)4/h5-7H,12H2,1-4H3. The van der Waals surface area contributed by atoms with Crippen LogP contribution in [0.15, 0.2) is 6.07 Å². The van der Waals surface area contributed by atoms with E-state index in [-0.39, 0.29) is 11.7 Å². The van der Waals surface area contributed by atoms with E-state index < -0.39 is 0 Å². The van der Waals surface area contributed by atoms with Crippen LogP contribution in [0.4, 0.5) is 5.00 Å². The Labute approximate surface area is 89.1 Å². The Bertz CT molecular complexity index is 339. The number of nitrogen functional groups attached to an aromatic ring is 1. The number of hydrogen-bond acceptors (Lipinski definition) is 3. The van der Waals surface area contributed by atoms with Gasteiger partial charge in [0.05, 0.1) is 10.6 Å². The Morgan fingerprint density at radius 1 is 1.36 bits per heavy atom. The number of nitrogens with two attached hydrogens (primary N) is 1. The van der Waals surface area contributed by atoms with Crippen molar-refractivity contribution >= 4 is 22.1 Å². The quantitative estimate of drug-likeness (QED) is 0.779. The maximum atomic E-state index is 11.7. The van der Waals surface area contributed by atoms with Gasteiger partial charge < -0.3 is 5.73 Å². The molecule has 0 fully saturated rings. The number of hydrogen-bond donors (Lipinski definition) is 1. The van der Waals surface area contributed by atoms with Crippen LogP contribution in [0.25, 0.3) is 0 Å². The minimum Gasteiger partial charge on any atom is -0.390 e. The average molecular weight is 211 g/mol. The van der Waals surface area contributed by atoms with Crippen LogP contribution < -0.4 is 5.73 Å². The summed E-state index contributed by atoms with van der Waals surface area (Å²) in [4.78, 5) is 12.9. The molecule has 0 aliphatic carbocycles. The smallest absolute Gasteiger partial charge is 0.168 e. The van der Waals surface area contributed by atoms with Gasteiger partial charge in [-0.1, -0.05) is 27.7 Å². The van der Waals surface area contributed by atoms with Gasteiger partial charge in [0, 0.05) is 10.8 Å². The fraction of sp³-hybridized carbons (Fsp3) is 0.545. The van der Waals surface area contributed by atoms with Crippen molar-refractivity contribution in [3.05, 3.63) is 16.5 Å². The number of rotatable bonds is 3. The van der Waals surface area contributed by atoms with E-state index in [0.717, 1.165) is 0 Å². The molecule has 0 unspecified atom stereocenters. The summed E-state index contributed by atoms with van der Waals surface area (Å²) in [5.41, 5.74) is 6.52. The van der Waals surface area contributed by atoms with E-state index in [1.807, 2.05) is 19.9 Å². The van der Waals surface area contributed by atoms with Gasteiger partial charge in [0.1, 0.15) is 0 Å². The topological polar surface area (TPSA) is 43.1 Å². The highest BCUT2D eigenvalue weighted by Gasteiger charge is 2.17. The van der Waals surface area contributed by atoms with Crippen LogP contribution in [0.1, 0.15) is 48.8 Å². The van der Waals surface area contributed by atoms with Gasteiger partial charge in [0.25, 0.3) is 0 Å². The third-order valence-corrected chi connectivity index (χ3v) is 3.40. The molecular formula is C11H17NOS. The number of Topliss-reactive ketones (excluding diaryl/α,β-unsaturated/α-hetero) is 1. The summed E-state index contributed by atoms with van der Waals surface area (Å²) in [7, 11) is 0. The van der Waals surface area contributed by atoms with E-state index >= 15 is 0 Å². The molecule has 0 aromatic carbocycles. The minimum absolute atomic E-state index is 0.0203. The average Bonchev–Trinajstić information content (AvgIpc) is 2.46. The van der Waals surface area contributed by atoms with E-state index in [4.69, 9.17) is 5.73 Å². The van der Waals surface area contributed by atoms with E-state index in [0.29, 0.717) is 16.5 Å². The maximum absolute atomic E-state index is 11.7. The van der Waals surface area contributed by atoms with Gasteiger partial charge in [-0.15, -0.1) is 11.3 Å². The van der Waals surface area contributed by atoms with Gasteiger partial charge in [-0.05, 0) is 12.0 Å². The van der Waals surface area contributed by atoms with E-state index in [9.17, 15) is 4.79 Å². The number of anilines is 1. The second kappa shape index (κ2) is 4.13. The van der Waals surface area contributed by atoms with Crippen molar-refractivity contribution in [3.63, 3.8) is 0 Å². The van der Waals surface area contributed by atoms with Crippen LogP contribution in [0, 0.1) is 5.92 Å². The summed E-state index contributed by atoms with van der Waals surface area (Å²) in [6.45, 7) is 8.01. The maximum Gasteiger partial charge on any atom is 0.168 e. The zero-order valence-corrected chi connectivity index (χ0v) is 9.94. The van der Waals surface area contributed by atoms with Crippen molar-refractivity contribution in [1.82, 2.24) is 0 Å². The molecule has 1 aromatic heterocycles. The van der Waals surface area contributed by atoms with Crippen LogP contribution in [-0.2, 0) is 0 Å². The van der Waals surface area contributed by atoms with Crippen LogP contribution in [0.2, 0.25) is 0 Å². The molecule has 14 heavy (non-hydrogen) atoms. The lowest BCUT2D eigenvalue weighted by Crippen LogP contribution is -2.08. The predicted molar refractivity (Wildman–Crippen MR) is 62.0 cm³/mol. The SMILES string of the molecule is CC(C)C(=O)c1cc(C(C)C)sc1N. The first-order chi connectivity index (χ1) is 6.43. The van der Waals surface area contributed by atoms with Crippen molar-refractivity contribution in [2.24, 2.45) is 5.92 Å². The van der Waals surface area contributed by atoms with Gasteiger partial charge in [-0.3, -0.25) is 4.79 Å². The van der Waals surface area contributed by atoms with E-state index in [1.165, 1.54) is 16.2 Å². The summed E-state index contributed by atoms with van der Waals surface area (Å²) >= 11 is 1.53. The summed E-state index contributed by atoms with van der Waals surface area (Å²) in [5.74, 6) is 0.605. The normalized spacial score (nSPS) is 11.3. The van der Waals surface area contributed by atoms with Gasteiger partial charge in [-0.25, -0.2) is 0 Å². The molecule has 3 heteroatoms. The van der Waals surface area contributed by atoms with E-state index in [2.05, 4.69) is 13.8 Å². The number of ketones is 1. The predicted octanol–water partition coefficient (Wildman–Crippen LogP) is 3.29. The first-order valence-electron chi connectivity index (χ1n) is 4.87. The summed E-state index contributed by atoms with van der Waals surface area (Å²) in [6, 6.07) is 1.94. The molecule has 1 rings (SSSR count). The molecule has 0 aliphatic heterocycles. The molecule has 2 N–H and O–H groups in total. The molecular weight excluding hydrogens is 194 g/mol. The van der Waals surface area contributed by atoms with Crippen LogP contribution >= 0.6 is 11.3 Å². The number of carbonyl (C=O) groups is 1. The van der Waals surface area contributed by atoms with Crippen molar-refractivity contribution in [3.8, 4) is 0 Å². The molecule has 0 amide bonds. The number of carbonyl (C=O) groups excluding carboxylic acids is 1. The molecule has 0 saturated heterocycles. The van der Waals surface area contributed by atoms with Gasteiger partial charge in [-0.2, -0.15) is 0 Å². The monoisotopic (exact) mass is 211 g/mol. The van der Waals surface area contributed by atoms with Gasteiger partial charge in [0.15, 0.2) is 5.78 Å². The van der Waals surface area contributed by atoms with Gasteiger partial charge >= 0.3 is 0 Å². The molecule has 1 heterocycles. The lowest BCUT2D eigenvalue weighted by molar-refractivity contribution is 0.0940. The molecule has 0 atom stereocenters. The van der Waals surface area contributed by atoms with Gasteiger partial charge in [0.2, 0.25) is 0 Å². The summed E-state index contributed by atoms with van der Waals surface area (Å²) < 4.78 is 0. The van der Waals surface area contributed by atoms with Crippen LogP contribution in [0.5, 0.6) is 0 Å². The molecule has 78 valence electrons. The van der Waals surface area contributed by atoms with Crippen LogP contribution in [-0.4, -0.2) is 5.78 Å². The molecule has 0 spiro atoms. The fourth-order valence-corrected chi connectivity index (χ4v) is 2.15. The molecule has 2 nitrogen and oxygen atoms in total. The summed E-state index contributed by atoms with van der Waals surface area (Å²) in [5, 5.41) is 0.660. The third kappa shape index (κ3) is 2.15. The van der Waals surface area contributed by atoms with Crippen molar-refractivity contribution in [2.75, 3.05) is 5.73 Å². The molecule has 0 radical (unpaired) electrons. The minimum atomic E-state index is 0.0203. The fourth-order valence-electron chi connectivity index (χ4n) is 1.21. The largest absolute Gasteiger partial charge is 0.390 e. The van der Waals surface area contributed by atoms with Crippen molar-refractivity contribution in [2.45, 2.75) is 33.6 Å². The second-order valence-electron chi connectivity index (χ2n) is 4.10. The Morgan fingerprint density at radius 3 is 2.29 bits per heavy atom. The lowest BCUT2D eigenvalue weighted by Gasteiger charge is -2.01. The molecule has 0 saturated carbocycles. The Balaban J connectivity index is 3.04. The summed E-state index contributed by atoms with van der Waals surface area (Å²) in [6.07, 6.45) is 0. The Hall–Kier alpha value is -0.830. The van der Waals surface area contributed by atoms with Crippen LogP contribution in [0.3, 0.4) is 0 Å². The zero-order valence-electron chi connectivity index (χ0n) is 9.13. The van der Waals surface area contributed by atoms with Crippen molar-refractivity contribution < 1.29 is 4.79 Å². The molecule has 0 aliphatic rings. The second-order valence-corrected chi connectivity index (χ2v) is 5.22.